The Hall–Kier alpha value is -0.860. The molecule has 0 aliphatic carbocycles. The summed E-state index contributed by atoms with van der Waals surface area (Å²) in [5.74, 6) is 0.653. The molecule has 0 aromatic heterocycles. The van der Waals surface area contributed by atoms with E-state index >= 15 is 0 Å². The first-order valence-electron chi connectivity index (χ1n) is 5.77. The summed E-state index contributed by atoms with van der Waals surface area (Å²) in [4.78, 5) is 2.47. The standard InChI is InChI=1S/C13H20N2/c1-11-9-15(10-13(11)14)8-7-12-5-3-2-4-6-12/h2-6,11,13H,7-10,14H2,1H3. The zero-order chi connectivity index (χ0) is 10.7. The minimum Gasteiger partial charge on any atom is -0.326 e. The Morgan fingerprint density at radius 3 is 2.60 bits per heavy atom. The molecule has 2 rings (SSSR count). The fourth-order valence-electron chi connectivity index (χ4n) is 2.21. The molecular weight excluding hydrogens is 184 g/mol. The van der Waals surface area contributed by atoms with Crippen LogP contribution in [-0.4, -0.2) is 30.6 Å². The van der Waals surface area contributed by atoms with Crippen LogP contribution in [-0.2, 0) is 6.42 Å². The predicted molar refractivity (Wildman–Crippen MR) is 63.7 cm³/mol. The van der Waals surface area contributed by atoms with Crippen molar-refractivity contribution in [2.45, 2.75) is 19.4 Å². The van der Waals surface area contributed by atoms with E-state index in [4.69, 9.17) is 5.73 Å². The van der Waals surface area contributed by atoms with Gasteiger partial charge in [-0.1, -0.05) is 37.3 Å². The van der Waals surface area contributed by atoms with Crippen molar-refractivity contribution in [3.63, 3.8) is 0 Å². The lowest BCUT2D eigenvalue weighted by Gasteiger charge is -2.14. The van der Waals surface area contributed by atoms with Crippen molar-refractivity contribution >= 4 is 0 Å². The van der Waals surface area contributed by atoms with Gasteiger partial charge in [0.2, 0.25) is 0 Å². The third kappa shape index (κ3) is 2.80. The second-order valence-electron chi connectivity index (χ2n) is 4.64. The van der Waals surface area contributed by atoms with E-state index in [0.717, 1.165) is 26.1 Å². The maximum absolute atomic E-state index is 6.00. The average Bonchev–Trinajstić information content (AvgIpc) is 2.57. The molecule has 2 unspecified atom stereocenters. The van der Waals surface area contributed by atoms with E-state index in [1.54, 1.807) is 0 Å². The van der Waals surface area contributed by atoms with Gasteiger partial charge in [0, 0.05) is 25.7 Å². The highest BCUT2D eigenvalue weighted by Gasteiger charge is 2.25. The lowest BCUT2D eigenvalue weighted by atomic mass is 10.1. The highest BCUT2D eigenvalue weighted by atomic mass is 15.2. The highest BCUT2D eigenvalue weighted by Crippen LogP contribution is 2.14. The number of rotatable bonds is 3. The van der Waals surface area contributed by atoms with Crippen molar-refractivity contribution in [2.24, 2.45) is 11.7 Å². The quantitative estimate of drug-likeness (QED) is 0.808. The van der Waals surface area contributed by atoms with Gasteiger partial charge in [-0.2, -0.15) is 0 Å². The molecule has 2 nitrogen and oxygen atoms in total. The highest BCUT2D eigenvalue weighted by molar-refractivity contribution is 5.14. The number of hydrogen-bond acceptors (Lipinski definition) is 2. The molecule has 0 saturated carbocycles. The minimum absolute atomic E-state index is 0.376. The third-order valence-electron chi connectivity index (χ3n) is 3.31. The van der Waals surface area contributed by atoms with Gasteiger partial charge in [0.1, 0.15) is 0 Å². The molecule has 1 aromatic carbocycles. The summed E-state index contributed by atoms with van der Waals surface area (Å²) in [5.41, 5.74) is 7.42. The molecule has 0 amide bonds. The molecule has 1 aliphatic heterocycles. The molecule has 1 aliphatic rings. The molecule has 2 heteroatoms. The predicted octanol–water partition coefficient (Wildman–Crippen LogP) is 1.51. The fourth-order valence-corrected chi connectivity index (χ4v) is 2.21. The normalized spacial score (nSPS) is 27.1. The second-order valence-corrected chi connectivity index (χ2v) is 4.64. The number of nitrogens with two attached hydrogens (primary N) is 1. The van der Waals surface area contributed by atoms with E-state index in [9.17, 15) is 0 Å². The van der Waals surface area contributed by atoms with Crippen LogP contribution in [0.25, 0.3) is 0 Å². The maximum atomic E-state index is 6.00. The van der Waals surface area contributed by atoms with Crippen LogP contribution >= 0.6 is 0 Å². The molecule has 2 N–H and O–H groups in total. The Labute approximate surface area is 92.1 Å². The fraction of sp³-hybridized carbons (Fsp3) is 0.538. The molecule has 1 fully saturated rings. The van der Waals surface area contributed by atoms with Gasteiger partial charge < -0.3 is 10.6 Å². The minimum atomic E-state index is 0.376. The Morgan fingerprint density at radius 1 is 1.27 bits per heavy atom. The summed E-state index contributed by atoms with van der Waals surface area (Å²) in [6, 6.07) is 11.0. The van der Waals surface area contributed by atoms with Crippen LogP contribution in [0.2, 0.25) is 0 Å². The summed E-state index contributed by atoms with van der Waals surface area (Å²) < 4.78 is 0. The van der Waals surface area contributed by atoms with Gasteiger partial charge in [-0.3, -0.25) is 0 Å². The van der Waals surface area contributed by atoms with Crippen molar-refractivity contribution in [3.05, 3.63) is 35.9 Å². The Bertz CT molecular complexity index is 287. The van der Waals surface area contributed by atoms with E-state index in [0.29, 0.717) is 12.0 Å². The van der Waals surface area contributed by atoms with E-state index < -0.39 is 0 Å². The number of likely N-dealkylation sites (tertiary alicyclic amines) is 1. The molecule has 1 heterocycles. The van der Waals surface area contributed by atoms with Crippen LogP contribution in [0.3, 0.4) is 0 Å². The van der Waals surface area contributed by atoms with Gasteiger partial charge in [0.25, 0.3) is 0 Å². The van der Waals surface area contributed by atoms with Gasteiger partial charge in [0.15, 0.2) is 0 Å². The largest absolute Gasteiger partial charge is 0.326 e. The van der Waals surface area contributed by atoms with Gasteiger partial charge >= 0.3 is 0 Å². The van der Waals surface area contributed by atoms with Gasteiger partial charge in [-0.15, -0.1) is 0 Å². The maximum Gasteiger partial charge on any atom is 0.0206 e. The Kier molecular flexibility index (Phi) is 3.39. The lowest BCUT2D eigenvalue weighted by molar-refractivity contribution is 0.331. The van der Waals surface area contributed by atoms with Crippen LogP contribution < -0.4 is 5.73 Å². The zero-order valence-electron chi connectivity index (χ0n) is 9.39. The number of benzene rings is 1. The number of nitrogens with zero attached hydrogens (tertiary/aromatic N) is 1. The van der Waals surface area contributed by atoms with Crippen LogP contribution in [0.1, 0.15) is 12.5 Å². The van der Waals surface area contributed by atoms with Crippen LogP contribution in [0.15, 0.2) is 30.3 Å². The Morgan fingerprint density at radius 2 is 2.00 bits per heavy atom. The van der Waals surface area contributed by atoms with E-state index in [1.807, 2.05) is 0 Å². The molecule has 0 radical (unpaired) electrons. The molecule has 1 saturated heterocycles. The van der Waals surface area contributed by atoms with Gasteiger partial charge in [-0.05, 0) is 17.9 Å². The number of hydrogen-bond donors (Lipinski definition) is 1. The Balaban J connectivity index is 1.80. The molecule has 1 aromatic rings. The second kappa shape index (κ2) is 4.77. The zero-order valence-corrected chi connectivity index (χ0v) is 9.39. The third-order valence-corrected chi connectivity index (χ3v) is 3.31. The summed E-state index contributed by atoms with van der Waals surface area (Å²) in [6.07, 6.45) is 1.14. The SMILES string of the molecule is CC1CN(CCc2ccccc2)CC1N. The van der Waals surface area contributed by atoms with Crippen LogP contribution in [0, 0.1) is 5.92 Å². The van der Waals surface area contributed by atoms with E-state index in [1.165, 1.54) is 5.56 Å². The first kappa shape index (κ1) is 10.7. The molecule has 2 atom stereocenters. The summed E-state index contributed by atoms with van der Waals surface area (Å²) in [7, 11) is 0. The molecule has 0 spiro atoms. The van der Waals surface area contributed by atoms with Crippen molar-refractivity contribution < 1.29 is 0 Å². The van der Waals surface area contributed by atoms with Crippen molar-refractivity contribution in [3.8, 4) is 0 Å². The van der Waals surface area contributed by atoms with Gasteiger partial charge in [0.05, 0.1) is 0 Å². The molecule has 82 valence electrons. The topological polar surface area (TPSA) is 29.3 Å². The molecular formula is C13H20N2. The molecule has 0 bridgehead atoms. The van der Waals surface area contributed by atoms with Gasteiger partial charge in [-0.25, -0.2) is 0 Å². The van der Waals surface area contributed by atoms with Crippen molar-refractivity contribution in [1.29, 1.82) is 0 Å². The van der Waals surface area contributed by atoms with Crippen molar-refractivity contribution in [1.82, 2.24) is 4.90 Å². The summed E-state index contributed by atoms with van der Waals surface area (Å²) in [5, 5.41) is 0. The summed E-state index contributed by atoms with van der Waals surface area (Å²) >= 11 is 0. The van der Waals surface area contributed by atoms with E-state index in [-0.39, 0.29) is 0 Å². The monoisotopic (exact) mass is 204 g/mol. The summed E-state index contributed by atoms with van der Waals surface area (Å²) in [6.45, 7) is 5.61. The van der Waals surface area contributed by atoms with Crippen LogP contribution in [0.5, 0.6) is 0 Å². The van der Waals surface area contributed by atoms with E-state index in [2.05, 4.69) is 42.2 Å². The van der Waals surface area contributed by atoms with Crippen LogP contribution in [0.4, 0.5) is 0 Å². The first-order valence-corrected chi connectivity index (χ1v) is 5.77. The lowest BCUT2D eigenvalue weighted by Crippen LogP contribution is -2.29. The smallest absolute Gasteiger partial charge is 0.0206 e. The van der Waals surface area contributed by atoms with Crippen molar-refractivity contribution in [2.75, 3.05) is 19.6 Å². The molecule has 15 heavy (non-hydrogen) atoms. The average molecular weight is 204 g/mol. The first-order chi connectivity index (χ1) is 7.25.